The van der Waals surface area contributed by atoms with Gasteiger partial charge in [0.1, 0.15) is 0 Å². The summed E-state index contributed by atoms with van der Waals surface area (Å²) in [6.45, 7) is 2.00. The molecule has 0 N–H and O–H groups in total. The third kappa shape index (κ3) is 2.86. The molecule has 0 fully saturated rings. The van der Waals surface area contributed by atoms with Crippen LogP contribution >= 0.6 is 35.3 Å². The molecule has 0 bridgehead atoms. The van der Waals surface area contributed by atoms with Gasteiger partial charge in [0.25, 0.3) is 0 Å². The number of aryl methyl sites for hydroxylation is 2. The van der Waals surface area contributed by atoms with E-state index >= 15 is 0 Å². The zero-order valence-electron chi connectivity index (χ0n) is 5.63. The van der Waals surface area contributed by atoms with Crippen LogP contribution in [0.15, 0.2) is 5.38 Å². The number of thiazole rings is 1. The van der Waals surface area contributed by atoms with Gasteiger partial charge in [-0.25, -0.2) is 4.98 Å². The maximum Gasteiger partial charge on any atom is 0.0897 e. The Hall–Kier alpha value is 0.210. The maximum absolute atomic E-state index is 5.51. The molecule has 1 rings (SSSR count). The molecule has 1 aromatic rings. The summed E-state index contributed by atoms with van der Waals surface area (Å²) < 4.78 is 0. The lowest BCUT2D eigenvalue weighted by Gasteiger charge is -1.84. The third-order valence-electron chi connectivity index (χ3n) is 1.02. The molecule has 0 aliphatic carbocycles. The first kappa shape index (κ1) is 10.2. The van der Waals surface area contributed by atoms with E-state index in [1.807, 2.05) is 6.92 Å². The summed E-state index contributed by atoms with van der Waals surface area (Å²) in [6.07, 6.45) is 0.895. The van der Waals surface area contributed by atoms with E-state index in [-0.39, 0.29) is 12.4 Å². The summed E-state index contributed by atoms with van der Waals surface area (Å²) in [4.78, 5) is 4.23. The van der Waals surface area contributed by atoms with Gasteiger partial charge in [-0.2, -0.15) is 0 Å². The third-order valence-corrected chi connectivity index (χ3v) is 2.03. The minimum atomic E-state index is 0. The van der Waals surface area contributed by atoms with Gasteiger partial charge in [-0.3, -0.25) is 0 Å². The summed E-state index contributed by atoms with van der Waals surface area (Å²) in [7, 11) is 0. The minimum absolute atomic E-state index is 0. The number of rotatable bonds is 2. The van der Waals surface area contributed by atoms with E-state index in [1.165, 1.54) is 0 Å². The first-order valence-electron chi connectivity index (χ1n) is 2.80. The molecule has 0 aliphatic heterocycles. The average molecular weight is 198 g/mol. The van der Waals surface area contributed by atoms with Crippen molar-refractivity contribution in [1.82, 2.24) is 4.98 Å². The standard InChI is InChI=1S/C6H8ClNS.ClH/c1-5-8-6(2-3-7)4-9-5;/h4H,2-3H2,1H3;1H. The first-order valence-corrected chi connectivity index (χ1v) is 4.21. The maximum atomic E-state index is 5.51. The molecular formula is C6H9Cl2NS. The molecule has 4 heteroatoms. The van der Waals surface area contributed by atoms with Crippen LogP contribution in [-0.2, 0) is 6.42 Å². The molecule has 0 aromatic carbocycles. The average Bonchev–Trinajstić information content (AvgIpc) is 2.17. The number of alkyl halides is 1. The molecule has 0 radical (unpaired) electrons. The lowest BCUT2D eigenvalue weighted by atomic mass is 10.4. The summed E-state index contributed by atoms with van der Waals surface area (Å²) in [5.74, 6) is 0.670. The van der Waals surface area contributed by atoms with Gasteiger partial charge < -0.3 is 0 Å². The van der Waals surface area contributed by atoms with Crippen molar-refractivity contribution in [1.29, 1.82) is 0 Å². The number of nitrogens with zero attached hydrogens (tertiary/aromatic N) is 1. The van der Waals surface area contributed by atoms with Crippen LogP contribution in [0.4, 0.5) is 0 Å². The van der Waals surface area contributed by atoms with Crippen molar-refractivity contribution in [3.05, 3.63) is 16.1 Å². The SMILES string of the molecule is Cc1nc(CCCl)cs1.Cl. The zero-order valence-corrected chi connectivity index (χ0v) is 8.02. The fourth-order valence-corrected chi connectivity index (χ4v) is 1.46. The predicted octanol–water partition coefficient (Wildman–Crippen LogP) is 2.65. The summed E-state index contributed by atoms with van der Waals surface area (Å²) in [5, 5.41) is 3.17. The second-order valence-corrected chi connectivity index (χ2v) is 3.24. The predicted molar refractivity (Wildman–Crippen MR) is 48.5 cm³/mol. The molecule has 1 heterocycles. The Kier molecular flexibility index (Phi) is 5.04. The Balaban J connectivity index is 0.000000810. The van der Waals surface area contributed by atoms with Crippen molar-refractivity contribution in [3.63, 3.8) is 0 Å². The topological polar surface area (TPSA) is 12.9 Å². The number of hydrogen-bond acceptors (Lipinski definition) is 2. The van der Waals surface area contributed by atoms with Crippen LogP contribution in [0.2, 0.25) is 0 Å². The van der Waals surface area contributed by atoms with Crippen LogP contribution in [0.3, 0.4) is 0 Å². The fourth-order valence-electron chi connectivity index (χ4n) is 0.620. The molecule has 0 unspecified atom stereocenters. The van der Waals surface area contributed by atoms with Crippen molar-refractivity contribution >= 4 is 35.3 Å². The lowest BCUT2D eigenvalue weighted by Crippen LogP contribution is -1.84. The summed E-state index contributed by atoms with van der Waals surface area (Å²) in [6, 6.07) is 0. The Bertz CT molecular complexity index is 188. The van der Waals surface area contributed by atoms with Crippen LogP contribution in [-0.4, -0.2) is 10.9 Å². The Labute approximate surface area is 75.8 Å². The van der Waals surface area contributed by atoms with Gasteiger partial charge in [0.05, 0.1) is 10.7 Å². The number of halogens is 2. The molecule has 0 amide bonds. The van der Waals surface area contributed by atoms with Gasteiger partial charge in [0.2, 0.25) is 0 Å². The number of aromatic nitrogens is 1. The van der Waals surface area contributed by atoms with E-state index in [9.17, 15) is 0 Å². The highest BCUT2D eigenvalue weighted by atomic mass is 35.5. The summed E-state index contributed by atoms with van der Waals surface area (Å²) >= 11 is 7.18. The Morgan fingerprint density at radius 1 is 1.70 bits per heavy atom. The quantitative estimate of drug-likeness (QED) is 0.665. The normalized spacial score (nSPS) is 9.00. The molecule has 10 heavy (non-hydrogen) atoms. The van der Waals surface area contributed by atoms with Crippen LogP contribution in [0.5, 0.6) is 0 Å². The highest BCUT2D eigenvalue weighted by molar-refractivity contribution is 7.09. The van der Waals surface area contributed by atoms with Gasteiger partial charge in [-0.15, -0.1) is 35.3 Å². The van der Waals surface area contributed by atoms with Crippen LogP contribution in [0, 0.1) is 6.92 Å². The van der Waals surface area contributed by atoms with E-state index in [0.717, 1.165) is 17.1 Å². The van der Waals surface area contributed by atoms with E-state index < -0.39 is 0 Å². The van der Waals surface area contributed by atoms with Crippen LogP contribution in [0.25, 0.3) is 0 Å². The zero-order chi connectivity index (χ0) is 6.69. The van der Waals surface area contributed by atoms with E-state index in [0.29, 0.717) is 5.88 Å². The highest BCUT2D eigenvalue weighted by Crippen LogP contribution is 2.08. The smallest absolute Gasteiger partial charge is 0.0897 e. The minimum Gasteiger partial charge on any atom is -0.247 e. The largest absolute Gasteiger partial charge is 0.247 e. The molecule has 1 nitrogen and oxygen atoms in total. The molecule has 0 aliphatic rings. The van der Waals surface area contributed by atoms with E-state index in [1.54, 1.807) is 11.3 Å². The molecule has 1 aromatic heterocycles. The van der Waals surface area contributed by atoms with Crippen molar-refractivity contribution in [2.45, 2.75) is 13.3 Å². The van der Waals surface area contributed by atoms with Crippen molar-refractivity contribution < 1.29 is 0 Å². The van der Waals surface area contributed by atoms with Gasteiger partial charge >= 0.3 is 0 Å². The first-order chi connectivity index (χ1) is 4.33. The van der Waals surface area contributed by atoms with Crippen LogP contribution in [0.1, 0.15) is 10.7 Å². The molecule has 0 atom stereocenters. The van der Waals surface area contributed by atoms with Crippen molar-refractivity contribution in [2.75, 3.05) is 5.88 Å². The van der Waals surface area contributed by atoms with E-state index in [4.69, 9.17) is 11.6 Å². The fraction of sp³-hybridized carbons (Fsp3) is 0.500. The molecule has 0 spiro atoms. The van der Waals surface area contributed by atoms with Crippen molar-refractivity contribution in [3.8, 4) is 0 Å². The van der Waals surface area contributed by atoms with Crippen molar-refractivity contribution in [2.24, 2.45) is 0 Å². The lowest BCUT2D eigenvalue weighted by molar-refractivity contribution is 1.05. The second-order valence-electron chi connectivity index (χ2n) is 1.80. The Morgan fingerprint density at radius 2 is 2.40 bits per heavy atom. The van der Waals surface area contributed by atoms with Gasteiger partial charge in [0.15, 0.2) is 0 Å². The summed E-state index contributed by atoms with van der Waals surface area (Å²) in [5.41, 5.74) is 1.12. The molecule has 0 saturated carbocycles. The van der Waals surface area contributed by atoms with Gasteiger partial charge in [0, 0.05) is 17.7 Å². The van der Waals surface area contributed by atoms with Gasteiger partial charge in [-0.1, -0.05) is 0 Å². The van der Waals surface area contributed by atoms with Gasteiger partial charge in [-0.05, 0) is 6.92 Å². The highest BCUT2D eigenvalue weighted by Gasteiger charge is 1.94. The second kappa shape index (κ2) is 4.94. The monoisotopic (exact) mass is 197 g/mol. The Morgan fingerprint density at radius 3 is 2.80 bits per heavy atom. The molecule has 58 valence electrons. The molecular weight excluding hydrogens is 189 g/mol. The van der Waals surface area contributed by atoms with E-state index in [2.05, 4.69) is 10.4 Å². The van der Waals surface area contributed by atoms with Crippen LogP contribution < -0.4 is 0 Å². The number of hydrogen-bond donors (Lipinski definition) is 0. The molecule has 0 saturated heterocycles.